The Hall–Kier alpha value is -2.83. The van der Waals surface area contributed by atoms with E-state index in [4.69, 9.17) is 22.2 Å². The van der Waals surface area contributed by atoms with Crippen LogP contribution < -0.4 is 5.32 Å². The van der Waals surface area contributed by atoms with Gasteiger partial charge in [-0.05, 0) is 42.5 Å². The molecule has 4 aromatic rings. The van der Waals surface area contributed by atoms with Crippen molar-refractivity contribution in [2.75, 3.05) is 18.4 Å². The molecule has 0 bridgehead atoms. The summed E-state index contributed by atoms with van der Waals surface area (Å²) in [5, 5.41) is 5.04. The van der Waals surface area contributed by atoms with Crippen molar-refractivity contribution in [3.8, 4) is 0 Å². The molecule has 0 saturated carbocycles. The van der Waals surface area contributed by atoms with E-state index in [2.05, 4.69) is 30.6 Å². The lowest BCUT2D eigenvalue weighted by atomic mass is 10.2. The molecule has 134 valence electrons. The number of para-hydroxylation sites is 2. The van der Waals surface area contributed by atoms with E-state index in [-0.39, 0.29) is 0 Å². The van der Waals surface area contributed by atoms with E-state index in [1.165, 1.54) is 0 Å². The lowest BCUT2D eigenvalue weighted by Crippen LogP contribution is -2.34. The van der Waals surface area contributed by atoms with E-state index in [1.54, 1.807) is 11.3 Å². The van der Waals surface area contributed by atoms with Crippen LogP contribution >= 0.6 is 23.6 Å². The zero-order valence-electron chi connectivity index (χ0n) is 14.7. The van der Waals surface area contributed by atoms with Crippen molar-refractivity contribution in [1.82, 2.24) is 14.9 Å². The van der Waals surface area contributed by atoms with Gasteiger partial charge in [0.05, 0.1) is 11.0 Å². The van der Waals surface area contributed by atoms with Crippen molar-refractivity contribution >= 4 is 65.8 Å². The maximum Gasteiger partial charge on any atom is 0.173 e. The van der Waals surface area contributed by atoms with Crippen molar-refractivity contribution in [1.29, 1.82) is 0 Å². The molecule has 0 aliphatic heterocycles. The summed E-state index contributed by atoms with van der Waals surface area (Å²) in [5.74, 6) is 0. The first-order chi connectivity index (χ1) is 13.2. The van der Waals surface area contributed by atoms with E-state index in [0.717, 1.165) is 37.2 Å². The third-order valence-corrected chi connectivity index (χ3v) is 5.63. The number of nitrogens with zero attached hydrogens (tertiary/aromatic N) is 3. The Labute approximate surface area is 166 Å². The minimum absolute atomic E-state index is 0.644. The number of anilines is 1. The van der Waals surface area contributed by atoms with Crippen LogP contribution in [-0.4, -0.2) is 33.1 Å². The summed E-state index contributed by atoms with van der Waals surface area (Å²) in [6.07, 6.45) is 3.65. The molecule has 27 heavy (non-hydrogen) atoms. The molecular formula is C21H18N4S2. The first-order valence-electron chi connectivity index (χ1n) is 8.56. The fourth-order valence-corrected chi connectivity index (χ4v) is 4.24. The molecule has 2 aromatic carbocycles. The standard InChI is InChI=1S/C21H18N4S2/c1-3-11-25(12-4-2)21(26)22-14-9-10-18-15(13-14)19-20(27-18)24-17-8-6-5-7-16(17)23-19/h3-10,13H,1-2,11-12H2,(H,22,26). The van der Waals surface area contributed by atoms with Crippen molar-refractivity contribution in [3.05, 3.63) is 67.8 Å². The summed E-state index contributed by atoms with van der Waals surface area (Å²) >= 11 is 7.20. The third kappa shape index (κ3) is 3.41. The van der Waals surface area contributed by atoms with Crippen LogP contribution in [0.25, 0.3) is 31.5 Å². The molecule has 6 heteroatoms. The van der Waals surface area contributed by atoms with Crippen molar-refractivity contribution in [2.24, 2.45) is 0 Å². The number of aromatic nitrogens is 2. The van der Waals surface area contributed by atoms with E-state index in [1.807, 2.05) is 47.4 Å². The molecule has 0 saturated heterocycles. The Bertz CT molecular complexity index is 1170. The summed E-state index contributed by atoms with van der Waals surface area (Å²) in [6, 6.07) is 14.2. The zero-order valence-corrected chi connectivity index (χ0v) is 16.3. The minimum atomic E-state index is 0.644. The Morgan fingerprint density at radius 3 is 2.48 bits per heavy atom. The second kappa shape index (κ2) is 7.42. The first-order valence-corrected chi connectivity index (χ1v) is 9.79. The topological polar surface area (TPSA) is 41.0 Å². The van der Waals surface area contributed by atoms with E-state index in [9.17, 15) is 0 Å². The average molecular weight is 391 g/mol. The first kappa shape index (κ1) is 17.6. The number of hydrogen-bond donors (Lipinski definition) is 1. The summed E-state index contributed by atoms with van der Waals surface area (Å²) < 4.78 is 1.16. The highest BCUT2D eigenvalue weighted by Gasteiger charge is 2.12. The molecule has 0 amide bonds. The molecule has 2 heterocycles. The van der Waals surface area contributed by atoms with Gasteiger partial charge in [-0.25, -0.2) is 9.97 Å². The van der Waals surface area contributed by atoms with Crippen LogP contribution in [0.15, 0.2) is 67.8 Å². The predicted octanol–water partition coefficient (Wildman–Crippen LogP) is 5.37. The number of hydrogen-bond acceptors (Lipinski definition) is 4. The van der Waals surface area contributed by atoms with Gasteiger partial charge in [-0.2, -0.15) is 0 Å². The SMILES string of the molecule is C=CCN(CC=C)C(=S)Nc1ccc2sc3nc4ccccc4nc3c2c1. The molecule has 1 N–H and O–H groups in total. The lowest BCUT2D eigenvalue weighted by Gasteiger charge is -2.23. The van der Waals surface area contributed by atoms with Gasteiger partial charge in [0, 0.05) is 28.9 Å². The predicted molar refractivity (Wildman–Crippen MR) is 121 cm³/mol. The number of fused-ring (bicyclic) bond motifs is 4. The second-order valence-corrected chi connectivity index (χ2v) is 7.51. The zero-order chi connectivity index (χ0) is 18.8. The van der Waals surface area contributed by atoms with Crippen molar-refractivity contribution < 1.29 is 0 Å². The van der Waals surface area contributed by atoms with Crippen LogP contribution in [0.1, 0.15) is 0 Å². The molecule has 0 atom stereocenters. The molecular weight excluding hydrogens is 372 g/mol. The van der Waals surface area contributed by atoms with Gasteiger partial charge >= 0.3 is 0 Å². The van der Waals surface area contributed by atoms with Crippen LogP contribution in [0.2, 0.25) is 0 Å². The minimum Gasteiger partial charge on any atom is -0.342 e. The normalized spacial score (nSPS) is 11.0. The Balaban J connectivity index is 1.73. The van der Waals surface area contributed by atoms with Gasteiger partial charge in [-0.3, -0.25) is 0 Å². The fourth-order valence-electron chi connectivity index (χ4n) is 2.97. The molecule has 0 radical (unpaired) electrons. The van der Waals surface area contributed by atoms with E-state index in [0.29, 0.717) is 18.2 Å². The van der Waals surface area contributed by atoms with E-state index >= 15 is 0 Å². The average Bonchev–Trinajstić information content (AvgIpc) is 3.03. The van der Waals surface area contributed by atoms with Gasteiger partial charge in [-0.1, -0.05) is 24.3 Å². The molecule has 4 rings (SSSR count). The highest BCUT2D eigenvalue weighted by atomic mass is 32.1. The monoisotopic (exact) mass is 390 g/mol. The maximum absolute atomic E-state index is 5.54. The lowest BCUT2D eigenvalue weighted by molar-refractivity contribution is 0.522. The van der Waals surface area contributed by atoms with E-state index < -0.39 is 0 Å². The van der Waals surface area contributed by atoms with Crippen LogP contribution in [0.3, 0.4) is 0 Å². The molecule has 2 aromatic heterocycles. The molecule has 0 fully saturated rings. The number of thiocarbonyl (C=S) groups is 1. The Kier molecular flexibility index (Phi) is 4.83. The number of benzene rings is 2. The van der Waals surface area contributed by atoms with Crippen LogP contribution in [0, 0.1) is 0 Å². The molecule has 0 unspecified atom stereocenters. The molecule has 0 aliphatic carbocycles. The highest BCUT2D eigenvalue weighted by molar-refractivity contribution is 7.80. The van der Waals surface area contributed by atoms with Gasteiger partial charge in [0.25, 0.3) is 0 Å². The quantitative estimate of drug-likeness (QED) is 0.366. The number of rotatable bonds is 5. The summed E-state index contributed by atoms with van der Waals surface area (Å²) in [6.45, 7) is 8.91. The number of thiophene rings is 1. The van der Waals surface area contributed by atoms with Crippen molar-refractivity contribution in [2.45, 2.75) is 0 Å². The van der Waals surface area contributed by atoms with Crippen LogP contribution in [0.5, 0.6) is 0 Å². The summed E-state index contributed by atoms with van der Waals surface area (Å²) in [5.41, 5.74) is 3.68. The van der Waals surface area contributed by atoms with Gasteiger partial charge in [0.2, 0.25) is 0 Å². The summed E-state index contributed by atoms with van der Waals surface area (Å²) in [7, 11) is 0. The van der Waals surface area contributed by atoms with Crippen LogP contribution in [-0.2, 0) is 0 Å². The molecule has 0 spiro atoms. The van der Waals surface area contributed by atoms with Gasteiger partial charge in [0.15, 0.2) is 5.11 Å². The van der Waals surface area contributed by atoms with Gasteiger partial charge in [0.1, 0.15) is 10.3 Å². The fraction of sp³-hybridized carbons (Fsp3) is 0.0952. The number of nitrogens with one attached hydrogen (secondary N) is 1. The van der Waals surface area contributed by atoms with Gasteiger partial charge < -0.3 is 10.2 Å². The van der Waals surface area contributed by atoms with Crippen molar-refractivity contribution in [3.63, 3.8) is 0 Å². The third-order valence-electron chi connectivity index (χ3n) is 4.22. The second-order valence-electron chi connectivity index (χ2n) is 6.09. The van der Waals surface area contributed by atoms with Gasteiger partial charge in [-0.15, -0.1) is 24.5 Å². The molecule has 4 nitrogen and oxygen atoms in total. The maximum atomic E-state index is 5.54. The largest absolute Gasteiger partial charge is 0.342 e. The molecule has 0 aliphatic rings. The Morgan fingerprint density at radius 2 is 1.78 bits per heavy atom. The summed E-state index contributed by atoms with van der Waals surface area (Å²) in [4.78, 5) is 12.5. The highest BCUT2D eigenvalue weighted by Crippen LogP contribution is 2.34. The smallest absolute Gasteiger partial charge is 0.173 e. The van der Waals surface area contributed by atoms with Crippen LogP contribution in [0.4, 0.5) is 5.69 Å². The Morgan fingerprint density at radius 1 is 1.07 bits per heavy atom.